The van der Waals surface area contributed by atoms with Gasteiger partial charge in [0.25, 0.3) is 0 Å². The lowest BCUT2D eigenvalue weighted by Gasteiger charge is -2.37. The van der Waals surface area contributed by atoms with E-state index in [1.807, 2.05) is 24.7 Å². The molecule has 0 aliphatic carbocycles. The van der Waals surface area contributed by atoms with Crippen LogP contribution in [0.5, 0.6) is 0 Å². The molecule has 2 N–H and O–H groups in total. The summed E-state index contributed by atoms with van der Waals surface area (Å²) in [5, 5.41) is 7.45. The first-order valence-electron chi connectivity index (χ1n) is 16.7. The van der Waals surface area contributed by atoms with E-state index >= 15 is 0 Å². The summed E-state index contributed by atoms with van der Waals surface area (Å²) in [5.74, 6) is 0.974. The first kappa shape index (κ1) is 34.1. The second-order valence-corrected chi connectivity index (χ2v) is 13.3. The lowest BCUT2D eigenvalue weighted by atomic mass is 9.77. The van der Waals surface area contributed by atoms with Gasteiger partial charge in [0.2, 0.25) is 0 Å². The highest BCUT2D eigenvalue weighted by atomic mass is 79.9. The number of nitrogens with zero attached hydrogens (tertiary/aromatic N) is 4. The molecular formula is C41H41BrN6S. The van der Waals surface area contributed by atoms with Crippen LogP contribution in [0.25, 0.3) is 0 Å². The standard InChI is InChI=1S/C41H41BrN6S/c42-37-24-22-33(23-25-37)30-47(39-21-10-11-26-43-39)29-13-28-45-40(49)44-27-12-20-38-31-48(32-46-38)41(34-14-4-1-5-15-34,35-16-6-2-7-17-35)36-18-8-3-9-19-36/h1-11,14-19,21-26,31-32H,12-13,20,27-30H2,(H2,44,45,49). The Balaban J connectivity index is 1.03. The van der Waals surface area contributed by atoms with Crippen LogP contribution in [0, 0.1) is 0 Å². The number of imidazole rings is 1. The van der Waals surface area contributed by atoms with Crippen LogP contribution in [-0.2, 0) is 18.5 Å². The molecule has 2 aromatic heterocycles. The molecule has 0 amide bonds. The molecule has 6 rings (SSSR count). The van der Waals surface area contributed by atoms with Gasteiger partial charge >= 0.3 is 0 Å². The molecule has 0 radical (unpaired) electrons. The SMILES string of the molecule is S=C(NCCCc1cn(C(c2ccccc2)(c2ccccc2)c2ccccc2)cn1)NCCCN(Cc1ccc(Br)cc1)c1ccccn1. The average Bonchev–Trinajstić information content (AvgIpc) is 3.63. The highest BCUT2D eigenvalue weighted by Gasteiger charge is 2.38. The van der Waals surface area contributed by atoms with Crippen LogP contribution in [-0.4, -0.2) is 39.3 Å². The molecule has 0 atom stereocenters. The summed E-state index contributed by atoms with van der Waals surface area (Å²) in [6.45, 7) is 3.21. The van der Waals surface area contributed by atoms with Crippen molar-refractivity contribution in [1.29, 1.82) is 0 Å². The molecule has 0 saturated carbocycles. The molecule has 2 heterocycles. The van der Waals surface area contributed by atoms with Gasteiger partial charge in [0.05, 0.1) is 12.0 Å². The zero-order valence-electron chi connectivity index (χ0n) is 27.5. The summed E-state index contributed by atoms with van der Waals surface area (Å²) in [6.07, 6.45) is 8.70. The lowest BCUT2D eigenvalue weighted by molar-refractivity contribution is 0.514. The van der Waals surface area contributed by atoms with Crippen molar-refractivity contribution >= 4 is 39.1 Å². The molecule has 49 heavy (non-hydrogen) atoms. The van der Waals surface area contributed by atoms with Gasteiger partial charge < -0.3 is 20.1 Å². The van der Waals surface area contributed by atoms with Gasteiger partial charge in [-0.15, -0.1) is 0 Å². The minimum atomic E-state index is -0.552. The number of anilines is 1. The maximum atomic E-state index is 5.62. The molecule has 6 nitrogen and oxygen atoms in total. The molecule has 4 aromatic carbocycles. The highest BCUT2D eigenvalue weighted by Crippen LogP contribution is 2.40. The van der Waals surface area contributed by atoms with Gasteiger partial charge in [0.1, 0.15) is 11.4 Å². The number of halogens is 1. The minimum Gasteiger partial charge on any atom is -0.363 e. The van der Waals surface area contributed by atoms with Crippen LogP contribution >= 0.6 is 28.1 Å². The summed E-state index contributed by atoms with van der Waals surface area (Å²) in [4.78, 5) is 11.8. The third-order valence-corrected chi connectivity index (χ3v) is 9.46. The molecule has 248 valence electrons. The molecular weight excluding hydrogens is 688 g/mol. The summed E-state index contributed by atoms with van der Waals surface area (Å²) >= 11 is 9.15. The third kappa shape index (κ3) is 8.63. The normalized spacial score (nSPS) is 11.2. The van der Waals surface area contributed by atoms with Crippen molar-refractivity contribution in [3.8, 4) is 0 Å². The number of hydrogen-bond acceptors (Lipinski definition) is 4. The van der Waals surface area contributed by atoms with Gasteiger partial charge in [-0.1, -0.05) is 125 Å². The van der Waals surface area contributed by atoms with E-state index in [1.165, 1.54) is 22.3 Å². The number of benzene rings is 4. The number of rotatable bonds is 15. The maximum absolute atomic E-state index is 5.62. The molecule has 0 fully saturated rings. The Kier molecular flexibility index (Phi) is 11.9. The van der Waals surface area contributed by atoms with Crippen LogP contribution in [0.15, 0.2) is 157 Å². The van der Waals surface area contributed by atoms with Gasteiger partial charge in [0.15, 0.2) is 5.11 Å². The van der Waals surface area contributed by atoms with Crippen LogP contribution in [0.4, 0.5) is 5.82 Å². The van der Waals surface area contributed by atoms with E-state index in [9.17, 15) is 0 Å². The first-order chi connectivity index (χ1) is 24.1. The van der Waals surface area contributed by atoms with Gasteiger partial charge in [-0.2, -0.15) is 0 Å². The van der Waals surface area contributed by atoms with Crippen LogP contribution < -0.4 is 15.5 Å². The van der Waals surface area contributed by atoms with Crippen molar-refractivity contribution < 1.29 is 0 Å². The van der Waals surface area contributed by atoms with Crippen molar-refractivity contribution in [3.63, 3.8) is 0 Å². The zero-order chi connectivity index (χ0) is 33.7. The van der Waals surface area contributed by atoms with Gasteiger partial charge in [0, 0.05) is 43.0 Å². The van der Waals surface area contributed by atoms with Crippen molar-refractivity contribution in [3.05, 3.63) is 185 Å². The Morgan fingerprint density at radius 2 is 1.27 bits per heavy atom. The maximum Gasteiger partial charge on any atom is 0.166 e. The number of pyridine rings is 1. The summed E-state index contributed by atoms with van der Waals surface area (Å²) in [6, 6.07) is 46.6. The predicted octanol–water partition coefficient (Wildman–Crippen LogP) is 8.37. The third-order valence-electron chi connectivity index (χ3n) is 8.64. The van der Waals surface area contributed by atoms with E-state index in [1.54, 1.807) is 0 Å². The van der Waals surface area contributed by atoms with Crippen molar-refractivity contribution in [2.24, 2.45) is 0 Å². The van der Waals surface area contributed by atoms with E-state index in [0.717, 1.165) is 61.4 Å². The van der Waals surface area contributed by atoms with Gasteiger partial charge in [-0.25, -0.2) is 9.97 Å². The summed E-state index contributed by atoms with van der Waals surface area (Å²) < 4.78 is 3.35. The van der Waals surface area contributed by atoms with Crippen molar-refractivity contribution in [2.75, 3.05) is 24.5 Å². The monoisotopic (exact) mass is 728 g/mol. The summed E-state index contributed by atoms with van der Waals surface area (Å²) in [7, 11) is 0. The summed E-state index contributed by atoms with van der Waals surface area (Å²) in [5.41, 5.74) is 5.30. The molecule has 0 bridgehead atoms. The number of hydrogen-bond donors (Lipinski definition) is 2. The van der Waals surface area contributed by atoms with Crippen molar-refractivity contribution in [2.45, 2.75) is 31.3 Å². The smallest absolute Gasteiger partial charge is 0.166 e. The Morgan fingerprint density at radius 3 is 1.84 bits per heavy atom. The largest absolute Gasteiger partial charge is 0.363 e. The number of aromatic nitrogens is 3. The van der Waals surface area contributed by atoms with Gasteiger partial charge in [-0.05, 0) is 78.0 Å². The lowest BCUT2D eigenvalue weighted by Crippen LogP contribution is -2.37. The zero-order valence-corrected chi connectivity index (χ0v) is 29.9. The van der Waals surface area contributed by atoms with Crippen molar-refractivity contribution in [1.82, 2.24) is 25.2 Å². The molecule has 0 aliphatic rings. The van der Waals surface area contributed by atoms with Crippen LogP contribution in [0.1, 0.15) is 40.8 Å². The topological polar surface area (TPSA) is 58.0 Å². The second-order valence-electron chi connectivity index (χ2n) is 12.0. The fraction of sp³-hybridized carbons (Fsp3) is 0.195. The number of nitrogens with one attached hydrogen (secondary N) is 2. The van der Waals surface area contributed by atoms with E-state index < -0.39 is 5.54 Å². The minimum absolute atomic E-state index is 0.552. The predicted molar refractivity (Wildman–Crippen MR) is 208 cm³/mol. The van der Waals surface area contributed by atoms with E-state index in [4.69, 9.17) is 17.2 Å². The first-order valence-corrected chi connectivity index (χ1v) is 17.9. The molecule has 0 spiro atoms. The number of thiocarbonyl (C=S) groups is 1. The Morgan fingerprint density at radius 1 is 0.694 bits per heavy atom. The Bertz CT molecular complexity index is 1770. The second kappa shape index (κ2) is 17.0. The van der Waals surface area contributed by atoms with Crippen LogP contribution in [0.3, 0.4) is 0 Å². The van der Waals surface area contributed by atoms with Gasteiger partial charge in [-0.3, -0.25) is 0 Å². The molecule has 0 saturated heterocycles. The molecule has 0 unspecified atom stereocenters. The Hall–Kier alpha value is -4.79. The Labute approximate surface area is 303 Å². The van der Waals surface area contributed by atoms with E-state index in [2.05, 4.69) is 169 Å². The fourth-order valence-corrected chi connectivity index (χ4v) is 6.76. The fourth-order valence-electron chi connectivity index (χ4n) is 6.29. The van der Waals surface area contributed by atoms with E-state index in [-0.39, 0.29) is 0 Å². The molecule has 0 aliphatic heterocycles. The quantitative estimate of drug-likeness (QED) is 0.0630. The highest BCUT2D eigenvalue weighted by molar-refractivity contribution is 9.10. The average molecular weight is 730 g/mol. The molecule has 6 aromatic rings. The van der Waals surface area contributed by atoms with Crippen LogP contribution in [0.2, 0.25) is 0 Å². The van der Waals surface area contributed by atoms with E-state index in [0.29, 0.717) is 5.11 Å². The molecule has 8 heteroatoms. The number of aryl methyl sites for hydroxylation is 1.